The Balaban J connectivity index is 2.45. The molecule has 1 N–H and O–H groups in total. The predicted octanol–water partition coefficient (Wildman–Crippen LogP) is 4.95. The van der Waals surface area contributed by atoms with Gasteiger partial charge >= 0.3 is 0 Å². The normalized spacial score (nSPS) is 10.7. The second-order valence-corrected chi connectivity index (χ2v) is 5.74. The maximum Gasteiger partial charge on any atom is 0.288 e. The third-order valence-electron chi connectivity index (χ3n) is 2.78. The average molecular weight is 360 g/mol. The van der Waals surface area contributed by atoms with Gasteiger partial charge in [-0.1, -0.05) is 23.4 Å². The monoisotopic (exact) mass is 359 g/mol. The Morgan fingerprint density at radius 1 is 1.30 bits per heavy atom. The molecule has 0 heterocycles. The molecule has 0 aliphatic carbocycles. The van der Waals surface area contributed by atoms with E-state index >= 15 is 0 Å². The van der Waals surface area contributed by atoms with Crippen molar-refractivity contribution in [2.75, 3.05) is 0 Å². The number of alkyl halides is 2. The van der Waals surface area contributed by atoms with Crippen LogP contribution in [0, 0.1) is 17.1 Å². The molecule has 2 aromatic carbocycles. The van der Waals surface area contributed by atoms with Crippen molar-refractivity contribution < 1.29 is 23.0 Å². The molecule has 2 aromatic rings. The quantitative estimate of drug-likeness (QED) is 0.767. The molecule has 2 rings (SSSR count). The minimum absolute atomic E-state index is 0.0110. The molecule has 0 unspecified atom stereocenters. The molecule has 0 amide bonds. The number of aliphatic hydroxyl groups is 1. The summed E-state index contributed by atoms with van der Waals surface area (Å²) in [5, 5.41) is 18.7. The van der Waals surface area contributed by atoms with Crippen molar-refractivity contribution in [1.29, 1.82) is 5.26 Å². The maximum absolute atomic E-state index is 13.3. The highest BCUT2D eigenvalue weighted by molar-refractivity contribution is 7.99. The van der Waals surface area contributed by atoms with Gasteiger partial charge in [0.15, 0.2) is 0 Å². The van der Waals surface area contributed by atoms with E-state index in [0.29, 0.717) is 0 Å². The Morgan fingerprint density at radius 3 is 2.61 bits per heavy atom. The number of rotatable bonds is 5. The van der Waals surface area contributed by atoms with Crippen molar-refractivity contribution >= 4 is 23.4 Å². The minimum Gasteiger partial charge on any atom is -0.456 e. The SMILES string of the molecule is N#Cc1c(Oc2cc(F)cc(Cl)c2)ccc(SC(F)F)c1CO. The number of nitriles is 1. The van der Waals surface area contributed by atoms with Gasteiger partial charge in [-0.25, -0.2) is 4.39 Å². The standard InChI is InChI=1S/C15H9ClF3NO2S/c16-8-3-9(17)5-10(4-8)22-13-1-2-14(23-15(18)19)12(7-21)11(13)6-20/h1-5,15,21H,7H2. The summed E-state index contributed by atoms with van der Waals surface area (Å²) in [6.45, 7) is -0.612. The lowest BCUT2D eigenvalue weighted by Crippen LogP contribution is -1.99. The summed E-state index contributed by atoms with van der Waals surface area (Å²) in [5.74, 6) is -3.26. The molecular weight excluding hydrogens is 351 g/mol. The molecule has 0 aromatic heterocycles. The smallest absolute Gasteiger partial charge is 0.288 e. The van der Waals surface area contributed by atoms with Crippen LogP contribution in [0.2, 0.25) is 5.02 Å². The Labute approximate surface area is 139 Å². The van der Waals surface area contributed by atoms with E-state index in [-0.39, 0.29) is 44.3 Å². The molecule has 3 nitrogen and oxygen atoms in total. The number of halogens is 4. The van der Waals surface area contributed by atoms with Gasteiger partial charge in [0, 0.05) is 21.5 Å². The number of hydrogen-bond donors (Lipinski definition) is 1. The lowest BCUT2D eigenvalue weighted by Gasteiger charge is -2.13. The second kappa shape index (κ2) is 7.59. The number of aliphatic hydroxyl groups excluding tert-OH is 1. The Hall–Kier alpha value is -1.88. The first-order chi connectivity index (χ1) is 10.9. The lowest BCUT2D eigenvalue weighted by molar-refractivity contribution is 0.251. The van der Waals surface area contributed by atoms with Crippen LogP contribution in [0.5, 0.6) is 11.5 Å². The zero-order valence-electron chi connectivity index (χ0n) is 11.4. The summed E-state index contributed by atoms with van der Waals surface area (Å²) < 4.78 is 43.8. The molecule has 0 radical (unpaired) electrons. The molecule has 0 aliphatic heterocycles. The summed E-state index contributed by atoms with van der Waals surface area (Å²) in [6.07, 6.45) is 0. The predicted molar refractivity (Wildman–Crippen MR) is 80.4 cm³/mol. The first-order valence-electron chi connectivity index (χ1n) is 6.20. The fourth-order valence-corrected chi connectivity index (χ4v) is 2.75. The van der Waals surface area contributed by atoms with Crippen LogP contribution in [0.1, 0.15) is 11.1 Å². The van der Waals surface area contributed by atoms with Crippen molar-refractivity contribution in [3.8, 4) is 17.6 Å². The number of thioether (sulfide) groups is 1. The maximum atomic E-state index is 13.3. The van der Waals surface area contributed by atoms with Gasteiger partial charge in [0.05, 0.1) is 6.61 Å². The summed E-state index contributed by atoms with van der Waals surface area (Å²) >= 11 is 5.94. The Bertz CT molecular complexity index is 745. The third kappa shape index (κ3) is 4.32. The molecule has 23 heavy (non-hydrogen) atoms. The van der Waals surface area contributed by atoms with Crippen LogP contribution in [0.4, 0.5) is 13.2 Å². The highest BCUT2D eigenvalue weighted by atomic mass is 35.5. The molecule has 0 aliphatic rings. The van der Waals surface area contributed by atoms with E-state index in [1.807, 2.05) is 6.07 Å². The van der Waals surface area contributed by atoms with E-state index in [2.05, 4.69) is 0 Å². The summed E-state index contributed by atoms with van der Waals surface area (Å²) in [6, 6.07) is 7.91. The Kier molecular flexibility index (Phi) is 5.77. The summed E-state index contributed by atoms with van der Waals surface area (Å²) in [7, 11) is 0. The summed E-state index contributed by atoms with van der Waals surface area (Å²) in [4.78, 5) is 0.0728. The van der Waals surface area contributed by atoms with Crippen molar-refractivity contribution in [2.45, 2.75) is 17.3 Å². The van der Waals surface area contributed by atoms with Crippen LogP contribution in [0.25, 0.3) is 0 Å². The van der Waals surface area contributed by atoms with E-state index in [0.717, 1.165) is 12.1 Å². The molecule has 0 bridgehead atoms. The fourth-order valence-electron chi connectivity index (χ4n) is 1.89. The van der Waals surface area contributed by atoms with Crippen LogP contribution in [-0.4, -0.2) is 10.9 Å². The highest BCUT2D eigenvalue weighted by Gasteiger charge is 2.18. The largest absolute Gasteiger partial charge is 0.456 e. The molecule has 120 valence electrons. The van der Waals surface area contributed by atoms with E-state index in [1.54, 1.807) is 0 Å². The molecule has 0 saturated carbocycles. The van der Waals surface area contributed by atoms with Crippen LogP contribution in [0.15, 0.2) is 35.2 Å². The first kappa shape index (κ1) is 17.5. The van der Waals surface area contributed by atoms with Crippen LogP contribution < -0.4 is 4.74 Å². The van der Waals surface area contributed by atoms with Gasteiger partial charge in [-0.3, -0.25) is 0 Å². The van der Waals surface area contributed by atoms with Crippen LogP contribution >= 0.6 is 23.4 Å². The molecular formula is C15H9ClF3NO2S. The minimum atomic E-state index is -2.69. The van der Waals surface area contributed by atoms with Gasteiger partial charge in [0.2, 0.25) is 0 Å². The van der Waals surface area contributed by atoms with Crippen molar-refractivity contribution in [3.05, 3.63) is 52.3 Å². The van der Waals surface area contributed by atoms with Crippen molar-refractivity contribution in [1.82, 2.24) is 0 Å². The summed E-state index contributed by atoms with van der Waals surface area (Å²) in [5.41, 5.74) is -0.0728. The van der Waals surface area contributed by atoms with E-state index in [4.69, 9.17) is 16.3 Å². The van der Waals surface area contributed by atoms with E-state index in [1.165, 1.54) is 18.2 Å². The van der Waals surface area contributed by atoms with Gasteiger partial charge in [-0.15, -0.1) is 0 Å². The van der Waals surface area contributed by atoms with Crippen molar-refractivity contribution in [3.63, 3.8) is 0 Å². The van der Waals surface area contributed by atoms with Gasteiger partial charge in [-0.2, -0.15) is 14.0 Å². The van der Waals surface area contributed by atoms with E-state index < -0.39 is 18.2 Å². The third-order valence-corrected chi connectivity index (χ3v) is 3.81. The lowest BCUT2D eigenvalue weighted by atomic mass is 10.1. The molecule has 0 atom stereocenters. The van der Waals surface area contributed by atoms with Crippen molar-refractivity contribution in [2.24, 2.45) is 0 Å². The van der Waals surface area contributed by atoms with Gasteiger partial charge < -0.3 is 9.84 Å². The van der Waals surface area contributed by atoms with Crippen LogP contribution in [-0.2, 0) is 6.61 Å². The van der Waals surface area contributed by atoms with Gasteiger partial charge in [0.25, 0.3) is 5.76 Å². The number of hydrogen-bond acceptors (Lipinski definition) is 4. The van der Waals surface area contributed by atoms with E-state index in [9.17, 15) is 23.5 Å². The zero-order valence-corrected chi connectivity index (χ0v) is 13.0. The average Bonchev–Trinajstić information content (AvgIpc) is 2.46. The molecule has 8 heteroatoms. The first-order valence-corrected chi connectivity index (χ1v) is 7.46. The molecule has 0 spiro atoms. The molecule has 0 fully saturated rings. The molecule has 0 saturated heterocycles. The van der Waals surface area contributed by atoms with Gasteiger partial charge in [-0.05, 0) is 24.3 Å². The number of nitrogens with zero attached hydrogens (tertiary/aromatic N) is 1. The highest BCUT2D eigenvalue weighted by Crippen LogP contribution is 2.36. The Morgan fingerprint density at radius 2 is 2.04 bits per heavy atom. The fraction of sp³-hybridized carbons (Fsp3) is 0.133. The second-order valence-electron chi connectivity index (χ2n) is 4.27. The zero-order chi connectivity index (χ0) is 17.0. The number of ether oxygens (including phenoxy) is 1. The topological polar surface area (TPSA) is 53.2 Å². The number of benzene rings is 2. The van der Waals surface area contributed by atoms with Gasteiger partial charge in [0.1, 0.15) is 28.9 Å². The van der Waals surface area contributed by atoms with Crippen LogP contribution in [0.3, 0.4) is 0 Å².